The van der Waals surface area contributed by atoms with Gasteiger partial charge in [0.1, 0.15) is 0 Å². The Morgan fingerprint density at radius 3 is 2.41 bits per heavy atom. The van der Waals surface area contributed by atoms with Crippen LogP contribution in [0.4, 0.5) is 0 Å². The van der Waals surface area contributed by atoms with E-state index in [-0.39, 0.29) is 0 Å². The lowest BCUT2D eigenvalue weighted by Gasteiger charge is -2.42. The van der Waals surface area contributed by atoms with E-state index in [0.717, 1.165) is 13.0 Å². The first-order valence-corrected chi connectivity index (χ1v) is 6.53. The smallest absolute Gasteiger partial charge is 0.00348 e. The second-order valence-corrected chi connectivity index (χ2v) is 5.23. The van der Waals surface area contributed by atoms with E-state index in [4.69, 9.17) is 5.73 Å². The maximum Gasteiger partial charge on any atom is -0.00348 e. The monoisotopic (exact) mass is 225 g/mol. The molecular weight excluding hydrogens is 206 g/mol. The third-order valence-electron chi connectivity index (χ3n) is 4.30. The zero-order valence-electron chi connectivity index (χ0n) is 10.2. The summed E-state index contributed by atoms with van der Waals surface area (Å²) in [6.07, 6.45) is 5.10. The minimum Gasteiger partial charge on any atom is -0.330 e. The van der Waals surface area contributed by atoms with Gasteiger partial charge in [-0.3, -0.25) is 0 Å². The molecule has 1 nitrogen and oxygen atoms in total. The van der Waals surface area contributed by atoms with Gasteiger partial charge in [-0.2, -0.15) is 0 Å². The van der Waals surface area contributed by atoms with Gasteiger partial charge in [0.05, 0.1) is 0 Å². The third kappa shape index (κ3) is 1.75. The number of rotatable bonds is 3. The van der Waals surface area contributed by atoms with E-state index in [1.54, 1.807) is 0 Å². The van der Waals surface area contributed by atoms with Gasteiger partial charge in [-0.25, -0.2) is 0 Å². The largest absolute Gasteiger partial charge is 0.330 e. The van der Waals surface area contributed by atoms with Gasteiger partial charge in [-0.05, 0) is 47.6 Å². The van der Waals surface area contributed by atoms with Crippen LogP contribution in [0.3, 0.4) is 0 Å². The van der Waals surface area contributed by atoms with Crippen LogP contribution in [0.5, 0.6) is 0 Å². The van der Waals surface area contributed by atoms with Gasteiger partial charge in [0, 0.05) is 0 Å². The number of fused-ring (bicyclic) bond motifs is 1. The molecule has 0 saturated heterocycles. The first kappa shape index (κ1) is 10.8. The van der Waals surface area contributed by atoms with Crippen LogP contribution in [0.15, 0.2) is 42.5 Å². The van der Waals surface area contributed by atoms with Gasteiger partial charge in [0.25, 0.3) is 0 Å². The zero-order valence-corrected chi connectivity index (χ0v) is 10.2. The SMILES string of the molecule is NCCC1(c2ccc3ccccc3c2)CCC1. The summed E-state index contributed by atoms with van der Waals surface area (Å²) >= 11 is 0. The maximum atomic E-state index is 5.77. The van der Waals surface area contributed by atoms with Crippen LogP contribution >= 0.6 is 0 Å². The zero-order chi connectivity index (χ0) is 11.7. The lowest BCUT2D eigenvalue weighted by atomic mass is 9.62. The van der Waals surface area contributed by atoms with E-state index in [0.29, 0.717) is 5.41 Å². The first-order chi connectivity index (χ1) is 8.34. The van der Waals surface area contributed by atoms with Gasteiger partial charge in [-0.15, -0.1) is 0 Å². The number of benzene rings is 2. The normalized spacial score (nSPS) is 17.9. The Morgan fingerprint density at radius 2 is 1.76 bits per heavy atom. The van der Waals surface area contributed by atoms with Gasteiger partial charge in [0.15, 0.2) is 0 Å². The fourth-order valence-electron chi connectivity index (χ4n) is 3.08. The van der Waals surface area contributed by atoms with Crippen LogP contribution in [0, 0.1) is 0 Å². The second-order valence-electron chi connectivity index (χ2n) is 5.23. The first-order valence-electron chi connectivity index (χ1n) is 6.53. The molecule has 0 aliphatic heterocycles. The molecule has 17 heavy (non-hydrogen) atoms. The predicted octanol–water partition coefficient (Wildman–Crippen LogP) is 3.61. The lowest BCUT2D eigenvalue weighted by Crippen LogP contribution is -2.36. The highest BCUT2D eigenvalue weighted by Crippen LogP contribution is 2.46. The molecule has 2 aromatic rings. The molecule has 3 rings (SSSR count). The average molecular weight is 225 g/mol. The summed E-state index contributed by atoms with van der Waals surface area (Å²) in [5, 5.41) is 2.69. The van der Waals surface area contributed by atoms with Crippen molar-refractivity contribution in [2.24, 2.45) is 5.73 Å². The molecule has 0 aromatic heterocycles. The van der Waals surface area contributed by atoms with Crippen molar-refractivity contribution in [3.63, 3.8) is 0 Å². The number of hydrogen-bond donors (Lipinski definition) is 1. The van der Waals surface area contributed by atoms with Crippen molar-refractivity contribution < 1.29 is 0 Å². The van der Waals surface area contributed by atoms with Gasteiger partial charge >= 0.3 is 0 Å². The highest BCUT2D eigenvalue weighted by atomic mass is 14.6. The van der Waals surface area contributed by atoms with E-state index in [2.05, 4.69) is 42.5 Å². The van der Waals surface area contributed by atoms with Crippen LogP contribution in [-0.2, 0) is 5.41 Å². The summed E-state index contributed by atoms with van der Waals surface area (Å²) in [5.74, 6) is 0. The van der Waals surface area contributed by atoms with Crippen molar-refractivity contribution >= 4 is 10.8 Å². The van der Waals surface area contributed by atoms with E-state index < -0.39 is 0 Å². The highest BCUT2D eigenvalue weighted by molar-refractivity contribution is 5.83. The number of nitrogens with two attached hydrogens (primary N) is 1. The topological polar surface area (TPSA) is 26.0 Å². The molecule has 0 bridgehead atoms. The second kappa shape index (κ2) is 4.15. The van der Waals surface area contributed by atoms with Crippen LogP contribution < -0.4 is 5.73 Å². The summed E-state index contributed by atoms with van der Waals surface area (Å²) in [6, 6.07) is 15.5. The molecule has 1 fully saturated rings. The molecule has 1 saturated carbocycles. The van der Waals surface area contributed by atoms with Crippen molar-refractivity contribution in [3.8, 4) is 0 Å². The Morgan fingerprint density at radius 1 is 1.00 bits per heavy atom. The summed E-state index contributed by atoms with van der Waals surface area (Å²) in [7, 11) is 0. The van der Waals surface area contributed by atoms with Crippen molar-refractivity contribution in [1.82, 2.24) is 0 Å². The summed E-state index contributed by atoms with van der Waals surface area (Å²) in [6.45, 7) is 0.798. The van der Waals surface area contributed by atoms with Gasteiger partial charge in [-0.1, -0.05) is 48.9 Å². The molecule has 0 heterocycles. The minimum absolute atomic E-state index is 0.388. The minimum atomic E-state index is 0.388. The van der Waals surface area contributed by atoms with E-state index in [1.807, 2.05) is 0 Å². The van der Waals surface area contributed by atoms with Crippen molar-refractivity contribution in [1.29, 1.82) is 0 Å². The Labute approximate surface area is 103 Å². The number of hydrogen-bond acceptors (Lipinski definition) is 1. The molecule has 0 radical (unpaired) electrons. The van der Waals surface area contributed by atoms with Gasteiger partial charge < -0.3 is 5.73 Å². The molecule has 0 spiro atoms. The molecule has 1 heteroatoms. The average Bonchev–Trinajstić information content (AvgIpc) is 2.33. The van der Waals surface area contributed by atoms with E-state index >= 15 is 0 Å². The standard InChI is InChI=1S/C16H19N/c17-11-10-16(8-3-9-16)15-7-6-13-4-1-2-5-14(13)12-15/h1-2,4-7,12H,3,8-11,17H2. The van der Waals surface area contributed by atoms with Crippen LogP contribution in [0.2, 0.25) is 0 Å². The van der Waals surface area contributed by atoms with E-state index in [1.165, 1.54) is 35.6 Å². The van der Waals surface area contributed by atoms with Crippen LogP contribution in [-0.4, -0.2) is 6.54 Å². The Hall–Kier alpha value is -1.34. The van der Waals surface area contributed by atoms with E-state index in [9.17, 15) is 0 Å². The molecular formula is C16H19N. The van der Waals surface area contributed by atoms with Crippen molar-refractivity contribution in [2.45, 2.75) is 31.1 Å². The quantitative estimate of drug-likeness (QED) is 0.848. The fraction of sp³-hybridized carbons (Fsp3) is 0.375. The Balaban J connectivity index is 2.05. The summed E-state index contributed by atoms with van der Waals surface area (Å²) in [4.78, 5) is 0. The molecule has 0 atom stereocenters. The Bertz CT molecular complexity index is 526. The van der Waals surface area contributed by atoms with Crippen molar-refractivity contribution in [2.75, 3.05) is 6.54 Å². The van der Waals surface area contributed by atoms with Crippen molar-refractivity contribution in [3.05, 3.63) is 48.0 Å². The highest BCUT2D eigenvalue weighted by Gasteiger charge is 2.37. The van der Waals surface area contributed by atoms with Crippen LogP contribution in [0.1, 0.15) is 31.2 Å². The molecule has 1 aliphatic rings. The third-order valence-corrected chi connectivity index (χ3v) is 4.30. The molecule has 2 aromatic carbocycles. The molecule has 0 amide bonds. The predicted molar refractivity (Wildman–Crippen MR) is 73.1 cm³/mol. The fourth-order valence-corrected chi connectivity index (χ4v) is 3.08. The van der Waals surface area contributed by atoms with Crippen LogP contribution in [0.25, 0.3) is 10.8 Å². The molecule has 0 unspecified atom stereocenters. The molecule has 2 N–H and O–H groups in total. The maximum absolute atomic E-state index is 5.77. The summed E-state index contributed by atoms with van der Waals surface area (Å²) < 4.78 is 0. The lowest BCUT2D eigenvalue weighted by molar-refractivity contribution is 0.229. The van der Waals surface area contributed by atoms with Gasteiger partial charge in [0.2, 0.25) is 0 Å². The molecule has 1 aliphatic carbocycles. The Kier molecular flexibility index (Phi) is 2.64. The molecule has 88 valence electrons. The summed E-state index contributed by atoms with van der Waals surface area (Å²) in [5.41, 5.74) is 7.66.